The van der Waals surface area contributed by atoms with Crippen LogP contribution in [0.4, 0.5) is 14.9 Å². The molecule has 1 aliphatic heterocycles. The van der Waals surface area contributed by atoms with Gasteiger partial charge in [-0.1, -0.05) is 0 Å². The molecule has 0 bridgehead atoms. The average molecular weight is 226 g/mol. The fourth-order valence-corrected chi connectivity index (χ4v) is 1.31. The van der Waals surface area contributed by atoms with Crippen molar-refractivity contribution in [2.75, 3.05) is 25.3 Å². The lowest BCUT2D eigenvalue weighted by atomic mass is 10.3. The Hall–Kier alpha value is -1.98. The molecular formula is C10H11FN2O3. The molecule has 0 spiro atoms. The Morgan fingerprint density at radius 2 is 2.19 bits per heavy atom. The van der Waals surface area contributed by atoms with Gasteiger partial charge in [0.15, 0.2) is 11.5 Å². The topological polar surface area (TPSA) is 59.6 Å². The minimum Gasteiger partial charge on any atom is -0.454 e. The maximum atomic E-state index is 11.8. The van der Waals surface area contributed by atoms with Gasteiger partial charge in [-0.2, -0.15) is 0 Å². The second kappa shape index (κ2) is 4.69. The first-order chi connectivity index (χ1) is 7.79. The molecule has 2 N–H and O–H groups in total. The van der Waals surface area contributed by atoms with E-state index in [-0.39, 0.29) is 13.3 Å². The van der Waals surface area contributed by atoms with Crippen LogP contribution < -0.4 is 20.1 Å². The number of anilines is 1. The number of ether oxygens (including phenoxy) is 2. The van der Waals surface area contributed by atoms with Crippen molar-refractivity contribution in [3.63, 3.8) is 0 Å². The fourth-order valence-electron chi connectivity index (χ4n) is 1.31. The summed E-state index contributed by atoms with van der Waals surface area (Å²) in [7, 11) is 0. The van der Waals surface area contributed by atoms with Gasteiger partial charge in [-0.3, -0.25) is 0 Å². The van der Waals surface area contributed by atoms with E-state index in [0.29, 0.717) is 17.2 Å². The minimum absolute atomic E-state index is 0.00359. The summed E-state index contributed by atoms with van der Waals surface area (Å²) in [5.41, 5.74) is 0.570. The van der Waals surface area contributed by atoms with Crippen LogP contribution >= 0.6 is 0 Å². The number of carbonyl (C=O) groups excluding carboxylic acids is 1. The molecule has 6 heteroatoms. The van der Waals surface area contributed by atoms with Crippen molar-refractivity contribution in [2.45, 2.75) is 0 Å². The van der Waals surface area contributed by atoms with Gasteiger partial charge in [0.25, 0.3) is 0 Å². The molecule has 2 rings (SSSR count). The van der Waals surface area contributed by atoms with E-state index in [4.69, 9.17) is 9.47 Å². The Morgan fingerprint density at radius 1 is 1.38 bits per heavy atom. The molecular weight excluding hydrogens is 215 g/mol. The molecule has 0 saturated heterocycles. The highest BCUT2D eigenvalue weighted by atomic mass is 19.1. The van der Waals surface area contributed by atoms with Crippen LogP contribution in [0.2, 0.25) is 0 Å². The zero-order chi connectivity index (χ0) is 11.4. The Kier molecular flexibility index (Phi) is 3.09. The number of hydrogen-bond donors (Lipinski definition) is 2. The first-order valence-electron chi connectivity index (χ1n) is 4.80. The highest BCUT2D eigenvalue weighted by molar-refractivity contribution is 5.89. The first-order valence-corrected chi connectivity index (χ1v) is 4.80. The van der Waals surface area contributed by atoms with Gasteiger partial charge in [-0.15, -0.1) is 0 Å². The molecule has 1 aromatic carbocycles. The van der Waals surface area contributed by atoms with E-state index in [1.165, 1.54) is 0 Å². The van der Waals surface area contributed by atoms with Crippen LogP contribution in [-0.4, -0.2) is 26.0 Å². The largest absolute Gasteiger partial charge is 0.454 e. The molecule has 0 radical (unpaired) electrons. The molecule has 0 atom stereocenters. The van der Waals surface area contributed by atoms with Gasteiger partial charge < -0.3 is 20.1 Å². The zero-order valence-corrected chi connectivity index (χ0v) is 8.46. The lowest BCUT2D eigenvalue weighted by molar-refractivity contribution is 0.174. The number of urea groups is 1. The summed E-state index contributed by atoms with van der Waals surface area (Å²) in [5, 5.41) is 4.91. The van der Waals surface area contributed by atoms with Crippen molar-refractivity contribution in [1.29, 1.82) is 0 Å². The van der Waals surface area contributed by atoms with E-state index < -0.39 is 12.7 Å². The number of nitrogens with one attached hydrogen (secondary N) is 2. The first kappa shape index (κ1) is 10.5. The summed E-state index contributed by atoms with van der Waals surface area (Å²) in [6.45, 7) is -0.405. The predicted octanol–water partition coefficient (Wildman–Crippen LogP) is 1.51. The fraction of sp³-hybridized carbons (Fsp3) is 0.300. The number of alkyl halides is 1. The summed E-state index contributed by atoms with van der Waals surface area (Å²) in [6, 6.07) is 4.59. The summed E-state index contributed by atoms with van der Waals surface area (Å²) < 4.78 is 22.1. The Bertz CT molecular complexity index is 398. The molecule has 0 aliphatic carbocycles. The molecule has 1 aromatic rings. The van der Waals surface area contributed by atoms with Crippen molar-refractivity contribution in [2.24, 2.45) is 0 Å². The van der Waals surface area contributed by atoms with E-state index >= 15 is 0 Å². The number of fused-ring (bicyclic) bond motifs is 1. The lowest BCUT2D eigenvalue weighted by Gasteiger charge is -2.06. The molecule has 0 unspecified atom stereocenters. The normalized spacial score (nSPS) is 12.3. The molecule has 1 heterocycles. The molecule has 86 valence electrons. The van der Waals surface area contributed by atoms with E-state index in [9.17, 15) is 9.18 Å². The quantitative estimate of drug-likeness (QED) is 0.821. The molecule has 2 amide bonds. The van der Waals surface area contributed by atoms with Crippen LogP contribution in [0.3, 0.4) is 0 Å². The third-order valence-corrected chi connectivity index (χ3v) is 2.01. The summed E-state index contributed by atoms with van der Waals surface area (Å²) in [4.78, 5) is 11.2. The monoisotopic (exact) mass is 226 g/mol. The SMILES string of the molecule is O=C(NCCF)Nc1ccc2c(c1)OCO2. The van der Waals surface area contributed by atoms with Gasteiger partial charge in [-0.05, 0) is 12.1 Å². The lowest BCUT2D eigenvalue weighted by Crippen LogP contribution is -2.30. The number of halogens is 1. The van der Waals surface area contributed by atoms with Crippen LogP contribution in [-0.2, 0) is 0 Å². The van der Waals surface area contributed by atoms with E-state index in [0.717, 1.165) is 0 Å². The zero-order valence-electron chi connectivity index (χ0n) is 8.46. The van der Waals surface area contributed by atoms with E-state index in [1.54, 1.807) is 18.2 Å². The average Bonchev–Trinajstić information content (AvgIpc) is 2.73. The number of benzene rings is 1. The van der Waals surface area contributed by atoms with Crippen LogP contribution in [0.25, 0.3) is 0 Å². The number of hydrogen-bond acceptors (Lipinski definition) is 3. The van der Waals surface area contributed by atoms with Gasteiger partial charge in [-0.25, -0.2) is 9.18 Å². The van der Waals surface area contributed by atoms with Crippen LogP contribution in [0.5, 0.6) is 11.5 Å². The smallest absolute Gasteiger partial charge is 0.319 e. The minimum atomic E-state index is -0.589. The van der Waals surface area contributed by atoms with Crippen LogP contribution in [0.15, 0.2) is 18.2 Å². The standard InChI is InChI=1S/C10H11FN2O3/c11-3-4-12-10(14)13-7-1-2-8-9(5-7)16-6-15-8/h1-2,5H,3-4,6H2,(H2,12,13,14). The Morgan fingerprint density at radius 3 is 3.00 bits per heavy atom. The molecule has 0 fully saturated rings. The number of rotatable bonds is 3. The maximum absolute atomic E-state index is 11.8. The predicted molar refractivity (Wildman–Crippen MR) is 55.6 cm³/mol. The number of amides is 2. The summed E-state index contributed by atoms with van der Waals surface area (Å²) in [5.74, 6) is 1.23. The van der Waals surface area contributed by atoms with Crippen LogP contribution in [0, 0.1) is 0 Å². The molecule has 1 aliphatic rings. The maximum Gasteiger partial charge on any atom is 0.319 e. The molecule has 0 saturated carbocycles. The van der Waals surface area contributed by atoms with Crippen molar-refractivity contribution in [3.8, 4) is 11.5 Å². The third-order valence-electron chi connectivity index (χ3n) is 2.01. The highest BCUT2D eigenvalue weighted by Crippen LogP contribution is 2.34. The Balaban J connectivity index is 1.97. The third kappa shape index (κ3) is 2.33. The second-order valence-corrected chi connectivity index (χ2v) is 3.14. The van der Waals surface area contributed by atoms with Gasteiger partial charge in [0.05, 0.1) is 0 Å². The van der Waals surface area contributed by atoms with Gasteiger partial charge >= 0.3 is 6.03 Å². The van der Waals surface area contributed by atoms with E-state index in [2.05, 4.69) is 10.6 Å². The highest BCUT2D eigenvalue weighted by Gasteiger charge is 2.13. The van der Waals surface area contributed by atoms with Crippen molar-refractivity contribution in [3.05, 3.63) is 18.2 Å². The van der Waals surface area contributed by atoms with Crippen molar-refractivity contribution in [1.82, 2.24) is 5.32 Å². The van der Waals surface area contributed by atoms with E-state index in [1.807, 2.05) is 0 Å². The van der Waals surface area contributed by atoms with Crippen LogP contribution in [0.1, 0.15) is 0 Å². The molecule has 0 aromatic heterocycles. The molecule has 16 heavy (non-hydrogen) atoms. The second-order valence-electron chi connectivity index (χ2n) is 3.14. The van der Waals surface area contributed by atoms with Crippen molar-refractivity contribution < 1.29 is 18.7 Å². The van der Waals surface area contributed by atoms with Gasteiger partial charge in [0, 0.05) is 18.3 Å². The summed E-state index contributed by atoms with van der Waals surface area (Å²) in [6.07, 6.45) is 0. The van der Waals surface area contributed by atoms with Crippen molar-refractivity contribution >= 4 is 11.7 Å². The van der Waals surface area contributed by atoms with Gasteiger partial charge in [0.2, 0.25) is 6.79 Å². The number of carbonyl (C=O) groups is 1. The van der Waals surface area contributed by atoms with Gasteiger partial charge in [0.1, 0.15) is 6.67 Å². The molecule has 5 nitrogen and oxygen atoms in total. The summed E-state index contributed by atoms with van der Waals surface area (Å²) >= 11 is 0. The Labute approximate surface area is 91.5 Å².